The van der Waals surface area contributed by atoms with Crippen molar-refractivity contribution in [3.63, 3.8) is 0 Å². The van der Waals surface area contributed by atoms with Crippen LogP contribution < -0.4 is 15.0 Å². The molecule has 0 aromatic heterocycles. The van der Waals surface area contributed by atoms with Crippen LogP contribution >= 0.6 is 24.0 Å². The van der Waals surface area contributed by atoms with E-state index in [0.29, 0.717) is 5.92 Å². The van der Waals surface area contributed by atoms with Gasteiger partial charge in [0.15, 0.2) is 5.96 Å². The van der Waals surface area contributed by atoms with Crippen molar-refractivity contribution in [3.8, 4) is 5.75 Å². The van der Waals surface area contributed by atoms with Crippen molar-refractivity contribution in [2.24, 2.45) is 10.9 Å². The van der Waals surface area contributed by atoms with Gasteiger partial charge in [-0.2, -0.15) is 0 Å². The highest BCUT2D eigenvalue weighted by Crippen LogP contribution is 2.28. The lowest BCUT2D eigenvalue weighted by Gasteiger charge is -2.38. The normalized spacial score (nSPS) is 19.3. The molecular weight excluding hydrogens is 465 g/mol. The molecule has 2 heterocycles. The van der Waals surface area contributed by atoms with Crippen molar-refractivity contribution in [3.05, 3.63) is 24.3 Å². The van der Waals surface area contributed by atoms with Gasteiger partial charge in [-0.15, -0.1) is 24.0 Å². The molecular formula is C21H36IN5O. The molecule has 3 rings (SSSR count). The van der Waals surface area contributed by atoms with Crippen molar-refractivity contribution in [1.29, 1.82) is 0 Å². The minimum absolute atomic E-state index is 0. The highest BCUT2D eigenvalue weighted by molar-refractivity contribution is 14.0. The summed E-state index contributed by atoms with van der Waals surface area (Å²) in [5, 5.41) is 3.60. The van der Waals surface area contributed by atoms with Crippen LogP contribution in [0.4, 0.5) is 5.69 Å². The Balaban J connectivity index is 0.00000280. The summed E-state index contributed by atoms with van der Waals surface area (Å²) in [6.07, 6.45) is 2.72. The average Bonchev–Trinajstić information content (AvgIpc) is 3.22. The summed E-state index contributed by atoms with van der Waals surface area (Å²) in [5.74, 6) is 2.61. The second-order valence-electron chi connectivity index (χ2n) is 7.69. The van der Waals surface area contributed by atoms with Gasteiger partial charge >= 0.3 is 0 Å². The first-order chi connectivity index (χ1) is 13.2. The first-order valence-corrected chi connectivity index (χ1v) is 10.3. The van der Waals surface area contributed by atoms with Gasteiger partial charge < -0.3 is 24.8 Å². The van der Waals surface area contributed by atoms with Crippen molar-refractivity contribution in [1.82, 2.24) is 15.1 Å². The summed E-state index contributed by atoms with van der Waals surface area (Å²) >= 11 is 0. The zero-order chi connectivity index (χ0) is 19.1. The monoisotopic (exact) mass is 501 g/mol. The highest BCUT2D eigenvalue weighted by atomic mass is 127. The molecule has 0 spiro atoms. The van der Waals surface area contributed by atoms with Crippen molar-refractivity contribution >= 4 is 35.6 Å². The van der Waals surface area contributed by atoms with Crippen LogP contribution in [0.3, 0.4) is 0 Å². The fraction of sp³-hybridized carbons (Fsp3) is 0.667. The maximum atomic E-state index is 5.52. The first kappa shape index (κ1) is 23.1. The Morgan fingerprint density at radius 1 is 1.11 bits per heavy atom. The zero-order valence-electron chi connectivity index (χ0n) is 17.6. The fourth-order valence-corrected chi connectivity index (χ4v) is 4.12. The second-order valence-corrected chi connectivity index (χ2v) is 7.69. The quantitative estimate of drug-likeness (QED) is 0.369. The van der Waals surface area contributed by atoms with Crippen LogP contribution in [0.15, 0.2) is 29.3 Å². The van der Waals surface area contributed by atoms with Gasteiger partial charge in [0.1, 0.15) is 5.75 Å². The van der Waals surface area contributed by atoms with E-state index in [0.717, 1.165) is 44.4 Å². The maximum Gasteiger partial charge on any atom is 0.193 e. The van der Waals surface area contributed by atoms with E-state index in [9.17, 15) is 0 Å². The Labute approximate surface area is 187 Å². The Hall–Kier alpha value is -1.22. The Morgan fingerprint density at radius 3 is 2.43 bits per heavy atom. The molecule has 1 aromatic rings. The van der Waals surface area contributed by atoms with Crippen LogP contribution in [0.2, 0.25) is 0 Å². The van der Waals surface area contributed by atoms with E-state index in [4.69, 9.17) is 4.74 Å². The second kappa shape index (κ2) is 11.7. The smallest absolute Gasteiger partial charge is 0.193 e. The molecule has 2 fully saturated rings. The van der Waals surface area contributed by atoms with Gasteiger partial charge in [0.2, 0.25) is 0 Å². The number of hydrogen-bond acceptors (Lipinski definition) is 4. The lowest BCUT2D eigenvalue weighted by Crippen LogP contribution is -2.53. The zero-order valence-corrected chi connectivity index (χ0v) is 19.9. The number of nitrogens with zero attached hydrogens (tertiary/aromatic N) is 4. The Morgan fingerprint density at radius 2 is 1.79 bits per heavy atom. The van der Waals surface area contributed by atoms with Crippen LogP contribution in [0, 0.1) is 5.92 Å². The molecule has 7 heteroatoms. The molecule has 0 amide bonds. The molecule has 158 valence electrons. The molecule has 1 unspecified atom stereocenters. The maximum absolute atomic E-state index is 5.52. The van der Waals surface area contributed by atoms with Crippen LogP contribution in [-0.2, 0) is 0 Å². The number of benzene rings is 1. The number of anilines is 1. The van der Waals surface area contributed by atoms with Crippen molar-refractivity contribution < 1.29 is 4.74 Å². The van der Waals surface area contributed by atoms with Gasteiger partial charge in [-0.3, -0.25) is 4.99 Å². The summed E-state index contributed by atoms with van der Waals surface area (Å²) in [4.78, 5) is 11.9. The molecule has 0 aliphatic carbocycles. The van der Waals surface area contributed by atoms with Gasteiger partial charge in [0.05, 0.1) is 12.8 Å². The molecule has 0 bridgehead atoms. The standard InChI is InChI=1S/C21H35N5O.HI/c1-18(17-24-10-6-7-11-24)16-23-21(22-2)26-14-12-25(13-15-26)19-8-4-5-9-20(19)27-3;/h4-5,8-9,18H,6-7,10-17H2,1-3H3,(H,22,23);1H. The Kier molecular flexibility index (Phi) is 9.64. The molecule has 0 radical (unpaired) electrons. The van der Waals surface area contributed by atoms with E-state index in [-0.39, 0.29) is 24.0 Å². The van der Waals surface area contributed by atoms with E-state index < -0.39 is 0 Å². The summed E-state index contributed by atoms with van der Waals surface area (Å²) in [6.45, 7) is 10.9. The molecule has 28 heavy (non-hydrogen) atoms. The predicted molar refractivity (Wildman–Crippen MR) is 128 cm³/mol. The van der Waals surface area contributed by atoms with Crippen LogP contribution in [-0.4, -0.2) is 82.3 Å². The number of ether oxygens (including phenoxy) is 1. The van der Waals surface area contributed by atoms with Gasteiger partial charge in [0, 0.05) is 46.3 Å². The third-order valence-corrected chi connectivity index (χ3v) is 5.59. The van der Waals surface area contributed by atoms with Gasteiger partial charge in [-0.25, -0.2) is 0 Å². The number of nitrogens with one attached hydrogen (secondary N) is 1. The summed E-state index contributed by atoms with van der Waals surface area (Å²) in [6, 6.07) is 8.27. The van der Waals surface area contributed by atoms with Gasteiger partial charge in [-0.1, -0.05) is 19.1 Å². The summed E-state index contributed by atoms with van der Waals surface area (Å²) in [7, 11) is 3.63. The molecule has 2 saturated heterocycles. The number of aliphatic imine (C=N–C) groups is 1. The van der Waals surface area contributed by atoms with E-state index in [1.807, 2.05) is 19.2 Å². The van der Waals surface area contributed by atoms with Gasteiger partial charge in [0.25, 0.3) is 0 Å². The first-order valence-electron chi connectivity index (χ1n) is 10.3. The summed E-state index contributed by atoms with van der Waals surface area (Å²) in [5.41, 5.74) is 1.18. The largest absolute Gasteiger partial charge is 0.495 e. The summed E-state index contributed by atoms with van der Waals surface area (Å²) < 4.78 is 5.52. The van der Waals surface area contributed by atoms with Crippen molar-refractivity contribution in [2.45, 2.75) is 19.8 Å². The number of hydrogen-bond donors (Lipinski definition) is 1. The third kappa shape index (κ3) is 6.14. The molecule has 2 aliphatic heterocycles. The van der Waals surface area contributed by atoms with Crippen LogP contribution in [0.5, 0.6) is 5.75 Å². The highest BCUT2D eigenvalue weighted by Gasteiger charge is 2.22. The van der Waals surface area contributed by atoms with Gasteiger partial charge in [-0.05, 0) is 44.0 Å². The van der Waals surface area contributed by atoms with Crippen LogP contribution in [0.25, 0.3) is 0 Å². The van der Waals surface area contributed by atoms with Crippen molar-refractivity contribution in [2.75, 3.05) is 71.4 Å². The molecule has 2 aliphatic rings. The minimum atomic E-state index is 0. The lowest BCUT2D eigenvalue weighted by atomic mass is 10.1. The van der Waals surface area contributed by atoms with Crippen LogP contribution in [0.1, 0.15) is 19.8 Å². The Bertz CT molecular complexity index is 613. The lowest BCUT2D eigenvalue weighted by molar-refractivity contribution is 0.285. The SMILES string of the molecule is CN=C(NCC(C)CN1CCCC1)N1CCN(c2ccccc2OC)CC1.I. The molecule has 6 nitrogen and oxygen atoms in total. The van der Waals surface area contributed by atoms with E-state index in [1.165, 1.54) is 38.2 Å². The van der Waals surface area contributed by atoms with E-state index in [2.05, 4.69) is 44.1 Å². The fourth-order valence-electron chi connectivity index (χ4n) is 4.12. The van der Waals surface area contributed by atoms with E-state index >= 15 is 0 Å². The number of para-hydroxylation sites is 2. The molecule has 1 aromatic carbocycles. The number of rotatable bonds is 6. The topological polar surface area (TPSA) is 43.3 Å². The third-order valence-electron chi connectivity index (χ3n) is 5.59. The molecule has 1 N–H and O–H groups in total. The number of likely N-dealkylation sites (tertiary alicyclic amines) is 1. The molecule has 1 atom stereocenters. The average molecular weight is 501 g/mol. The molecule has 0 saturated carbocycles. The number of methoxy groups -OCH3 is 1. The van der Waals surface area contributed by atoms with E-state index in [1.54, 1.807) is 7.11 Å². The number of guanidine groups is 1. The minimum Gasteiger partial charge on any atom is -0.495 e. The number of piperazine rings is 1. The number of halogens is 1. The predicted octanol–water partition coefficient (Wildman–Crippen LogP) is 2.74.